The van der Waals surface area contributed by atoms with Crippen LogP contribution in [0, 0.1) is 5.41 Å². The fourth-order valence-electron chi connectivity index (χ4n) is 4.13. The number of nitrogens with one attached hydrogen (secondary N) is 2. The Bertz CT molecular complexity index is 1460. The summed E-state index contributed by atoms with van der Waals surface area (Å²) in [6.45, 7) is 4.46. The normalized spacial score (nSPS) is 14.5. The van der Waals surface area contributed by atoms with E-state index in [1.807, 2.05) is 12.1 Å². The van der Waals surface area contributed by atoms with Gasteiger partial charge in [0.1, 0.15) is 16.8 Å². The molecule has 1 saturated heterocycles. The molecule has 10 nitrogen and oxygen atoms in total. The molecule has 1 aliphatic heterocycles. The zero-order chi connectivity index (χ0) is 23.5. The number of morpholine rings is 1. The molecule has 5 heterocycles. The Morgan fingerprint density at radius 2 is 1.94 bits per heavy atom. The van der Waals surface area contributed by atoms with Gasteiger partial charge in [-0.05, 0) is 35.9 Å². The lowest BCUT2D eigenvalue weighted by molar-refractivity contribution is 0.0383. The zero-order valence-electron chi connectivity index (χ0n) is 18.6. The molecule has 0 radical (unpaired) electrons. The number of pyridine rings is 3. The summed E-state index contributed by atoms with van der Waals surface area (Å²) in [6.07, 6.45) is 4.98. The summed E-state index contributed by atoms with van der Waals surface area (Å²) in [7, 11) is 0. The molecule has 0 bridgehead atoms. The highest BCUT2D eigenvalue weighted by molar-refractivity contribution is 5.96. The van der Waals surface area contributed by atoms with E-state index in [2.05, 4.69) is 20.2 Å². The van der Waals surface area contributed by atoms with E-state index in [0.29, 0.717) is 37.6 Å². The molecule has 4 aromatic heterocycles. The summed E-state index contributed by atoms with van der Waals surface area (Å²) < 4.78 is 8.41. The van der Waals surface area contributed by atoms with Gasteiger partial charge in [0.25, 0.3) is 11.5 Å². The van der Waals surface area contributed by atoms with Crippen molar-refractivity contribution in [2.24, 2.45) is 0 Å². The number of hydrogen-bond donors (Lipinski definition) is 2. The molecule has 0 saturated carbocycles. The van der Waals surface area contributed by atoms with Gasteiger partial charge in [-0.3, -0.25) is 29.3 Å². The first-order valence-electron chi connectivity index (χ1n) is 11.2. The topological polar surface area (TPSA) is 118 Å². The highest BCUT2D eigenvalue weighted by Crippen LogP contribution is 2.12. The number of nitrogens with zero attached hydrogens (tertiary/aromatic N) is 5. The van der Waals surface area contributed by atoms with Crippen LogP contribution in [0.15, 0.2) is 59.8 Å². The minimum Gasteiger partial charge on any atom is -0.379 e. The second-order valence-electron chi connectivity index (χ2n) is 8.14. The maximum atomic E-state index is 13.3. The maximum Gasteiger partial charge on any atom is 0.267 e. The Morgan fingerprint density at radius 3 is 2.74 bits per heavy atom. The van der Waals surface area contributed by atoms with E-state index < -0.39 is 0 Å². The summed E-state index contributed by atoms with van der Waals surface area (Å²) in [5.41, 5.74) is 1.58. The van der Waals surface area contributed by atoms with Gasteiger partial charge in [-0.1, -0.05) is 6.07 Å². The van der Waals surface area contributed by atoms with E-state index in [9.17, 15) is 9.59 Å². The van der Waals surface area contributed by atoms with Gasteiger partial charge in [0.05, 0.1) is 30.7 Å². The van der Waals surface area contributed by atoms with Gasteiger partial charge in [-0.15, -0.1) is 0 Å². The molecule has 0 atom stereocenters. The Morgan fingerprint density at radius 1 is 1.15 bits per heavy atom. The van der Waals surface area contributed by atoms with E-state index in [1.165, 1.54) is 10.5 Å². The second-order valence-corrected chi connectivity index (χ2v) is 8.14. The largest absolute Gasteiger partial charge is 0.379 e. The van der Waals surface area contributed by atoms with Crippen molar-refractivity contribution in [2.75, 3.05) is 39.4 Å². The van der Waals surface area contributed by atoms with Gasteiger partial charge in [0.15, 0.2) is 0 Å². The summed E-state index contributed by atoms with van der Waals surface area (Å²) in [4.78, 5) is 37.3. The molecule has 2 N–H and O–H groups in total. The predicted octanol–water partition coefficient (Wildman–Crippen LogP) is 0.634. The van der Waals surface area contributed by atoms with Crippen LogP contribution in [0.25, 0.3) is 16.7 Å². The highest BCUT2D eigenvalue weighted by atomic mass is 16.5. The molecular formula is C24H25N7O3. The van der Waals surface area contributed by atoms with Crippen molar-refractivity contribution in [2.45, 2.75) is 6.54 Å². The fraction of sp³-hybridized carbons (Fsp3) is 0.292. The molecule has 0 spiro atoms. The first kappa shape index (κ1) is 21.9. The Balaban J connectivity index is 1.56. The van der Waals surface area contributed by atoms with Crippen LogP contribution in [-0.2, 0) is 11.3 Å². The van der Waals surface area contributed by atoms with Gasteiger partial charge in [0, 0.05) is 44.8 Å². The van der Waals surface area contributed by atoms with Crippen LogP contribution >= 0.6 is 0 Å². The molecule has 10 heteroatoms. The third-order valence-corrected chi connectivity index (χ3v) is 5.97. The number of rotatable bonds is 6. The summed E-state index contributed by atoms with van der Waals surface area (Å²) in [5.74, 6) is -0.388. The van der Waals surface area contributed by atoms with Crippen LogP contribution in [0.2, 0.25) is 0 Å². The molecule has 0 aliphatic carbocycles. The van der Waals surface area contributed by atoms with Gasteiger partial charge in [0.2, 0.25) is 0 Å². The summed E-state index contributed by atoms with van der Waals surface area (Å²) in [5, 5.41) is 12.0. The molecule has 0 aromatic carbocycles. The predicted molar refractivity (Wildman–Crippen MR) is 126 cm³/mol. The van der Waals surface area contributed by atoms with Gasteiger partial charge in [-0.25, -0.2) is 4.98 Å². The Hall–Kier alpha value is -3.89. The molecule has 1 fully saturated rings. The van der Waals surface area contributed by atoms with E-state index in [1.54, 1.807) is 41.4 Å². The van der Waals surface area contributed by atoms with E-state index in [-0.39, 0.29) is 34.4 Å². The molecule has 1 aliphatic rings. The molecule has 1 amide bonds. The molecule has 34 heavy (non-hydrogen) atoms. The van der Waals surface area contributed by atoms with Crippen molar-refractivity contribution >= 4 is 22.6 Å². The lowest BCUT2D eigenvalue weighted by Crippen LogP contribution is -2.42. The van der Waals surface area contributed by atoms with Crippen LogP contribution in [-0.4, -0.2) is 69.1 Å². The molecular weight excluding hydrogens is 434 g/mol. The Labute approximate surface area is 195 Å². The van der Waals surface area contributed by atoms with Gasteiger partial charge in [-0.2, -0.15) is 0 Å². The third-order valence-electron chi connectivity index (χ3n) is 5.97. The van der Waals surface area contributed by atoms with Crippen molar-refractivity contribution in [3.05, 3.63) is 82.0 Å². The molecule has 174 valence electrons. The molecule has 0 unspecified atom stereocenters. The van der Waals surface area contributed by atoms with Crippen LogP contribution in [0.4, 0.5) is 0 Å². The zero-order valence-corrected chi connectivity index (χ0v) is 18.6. The molecule has 5 rings (SSSR count). The first-order valence-corrected chi connectivity index (χ1v) is 11.2. The quantitative estimate of drug-likeness (QED) is 0.409. The van der Waals surface area contributed by atoms with Crippen LogP contribution in [0.3, 0.4) is 0 Å². The van der Waals surface area contributed by atoms with Crippen molar-refractivity contribution in [3.8, 4) is 0 Å². The minimum absolute atomic E-state index is 0.000339. The van der Waals surface area contributed by atoms with Crippen LogP contribution < -0.4 is 16.4 Å². The SMILES string of the molecule is N=c1c(C(=O)NCCN2CCOCC2)cc2c(=O)n3ccccc3nc2n1Cc1ccncc1. The van der Waals surface area contributed by atoms with Crippen molar-refractivity contribution in [1.29, 1.82) is 5.41 Å². The van der Waals surface area contributed by atoms with Crippen molar-refractivity contribution in [3.63, 3.8) is 0 Å². The number of hydrogen-bond acceptors (Lipinski definition) is 7. The smallest absolute Gasteiger partial charge is 0.267 e. The number of ether oxygens (including phenoxy) is 1. The van der Waals surface area contributed by atoms with Crippen molar-refractivity contribution in [1.82, 2.24) is 29.2 Å². The monoisotopic (exact) mass is 459 g/mol. The lowest BCUT2D eigenvalue weighted by atomic mass is 10.1. The number of carbonyl (C=O) groups excluding carboxylic acids is 1. The van der Waals surface area contributed by atoms with E-state index in [4.69, 9.17) is 10.1 Å². The van der Waals surface area contributed by atoms with E-state index >= 15 is 0 Å². The van der Waals surface area contributed by atoms with Gasteiger partial charge >= 0.3 is 0 Å². The van der Waals surface area contributed by atoms with Gasteiger partial charge < -0.3 is 14.6 Å². The first-order chi connectivity index (χ1) is 16.6. The number of aromatic nitrogens is 4. The minimum atomic E-state index is -0.388. The number of amides is 1. The Kier molecular flexibility index (Phi) is 6.15. The molecule has 4 aromatic rings. The highest BCUT2D eigenvalue weighted by Gasteiger charge is 2.18. The third kappa shape index (κ3) is 4.33. The van der Waals surface area contributed by atoms with E-state index in [0.717, 1.165) is 18.7 Å². The number of fused-ring (bicyclic) bond motifs is 2. The summed E-state index contributed by atoms with van der Waals surface area (Å²) in [6, 6.07) is 10.5. The lowest BCUT2D eigenvalue weighted by Gasteiger charge is -2.26. The maximum absolute atomic E-state index is 13.3. The van der Waals surface area contributed by atoms with Crippen LogP contribution in [0.1, 0.15) is 15.9 Å². The van der Waals surface area contributed by atoms with Crippen LogP contribution in [0.5, 0.6) is 0 Å². The van der Waals surface area contributed by atoms with Crippen molar-refractivity contribution < 1.29 is 9.53 Å². The average molecular weight is 460 g/mol. The average Bonchev–Trinajstić information content (AvgIpc) is 2.87. The number of carbonyl (C=O) groups is 1. The summed E-state index contributed by atoms with van der Waals surface area (Å²) >= 11 is 0. The standard InChI is InChI=1S/C24H25N7O3/c25-21-18(23(32)27-8-10-29-11-13-34-14-12-29)15-19-22(31(21)16-17-4-6-26-7-5-17)28-20-3-1-2-9-30(20)24(19)33/h1-7,9,15,25H,8,10-14,16H2,(H,27,32). The fourth-order valence-corrected chi connectivity index (χ4v) is 4.13. The second kappa shape index (κ2) is 9.54.